The summed E-state index contributed by atoms with van der Waals surface area (Å²) in [6, 6.07) is 18.2. The highest BCUT2D eigenvalue weighted by molar-refractivity contribution is 6.35. The Morgan fingerprint density at radius 1 is 0.929 bits per heavy atom. The van der Waals surface area contributed by atoms with Crippen molar-refractivity contribution in [2.24, 2.45) is 5.92 Å². The Hall–Kier alpha value is -3.21. The zero-order chi connectivity index (χ0) is 19.3. The summed E-state index contributed by atoms with van der Waals surface area (Å²) < 4.78 is 0. The lowest BCUT2D eigenvalue weighted by Gasteiger charge is -2.35. The molecular weight excluding hydrogens is 350 g/mol. The van der Waals surface area contributed by atoms with Gasteiger partial charge in [0, 0.05) is 30.9 Å². The van der Waals surface area contributed by atoms with Crippen LogP contribution in [0, 0.1) is 5.92 Å². The highest BCUT2D eigenvalue weighted by Crippen LogP contribution is 2.40. The highest BCUT2D eigenvalue weighted by Gasteiger charge is 2.30. The lowest BCUT2D eigenvalue weighted by Crippen LogP contribution is -2.43. The van der Waals surface area contributed by atoms with E-state index in [9.17, 15) is 9.59 Å². The standard InChI is InChI=1S/C23H23N3O2/c27-22(25-13-16-6-7-20-15-24-9-8-19(20)10-16)23(28)26-14-17-11-21(12-17)18-4-2-1-3-5-18/h1-10,15,17,21H,11-14H2,(H,25,27)(H,26,28). The van der Waals surface area contributed by atoms with Crippen LogP contribution in [0.1, 0.15) is 29.9 Å². The number of hydrogen-bond donors (Lipinski definition) is 2. The van der Waals surface area contributed by atoms with Crippen molar-refractivity contribution in [3.63, 3.8) is 0 Å². The molecule has 2 aromatic carbocycles. The van der Waals surface area contributed by atoms with Crippen molar-refractivity contribution >= 4 is 22.6 Å². The molecule has 1 aliphatic rings. The van der Waals surface area contributed by atoms with Crippen LogP contribution in [-0.2, 0) is 16.1 Å². The van der Waals surface area contributed by atoms with Crippen LogP contribution >= 0.6 is 0 Å². The number of nitrogens with one attached hydrogen (secondary N) is 2. The van der Waals surface area contributed by atoms with Crippen molar-refractivity contribution in [1.82, 2.24) is 15.6 Å². The number of hydrogen-bond acceptors (Lipinski definition) is 3. The van der Waals surface area contributed by atoms with E-state index >= 15 is 0 Å². The van der Waals surface area contributed by atoms with E-state index in [-0.39, 0.29) is 0 Å². The van der Waals surface area contributed by atoms with E-state index < -0.39 is 11.8 Å². The van der Waals surface area contributed by atoms with E-state index in [4.69, 9.17) is 0 Å². The van der Waals surface area contributed by atoms with Gasteiger partial charge in [-0.3, -0.25) is 14.6 Å². The van der Waals surface area contributed by atoms with Gasteiger partial charge in [-0.25, -0.2) is 0 Å². The third-order valence-corrected chi connectivity index (χ3v) is 5.42. The van der Waals surface area contributed by atoms with Crippen molar-refractivity contribution in [1.29, 1.82) is 0 Å². The van der Waals surface area contributed by atoms with Crippen molar-refractivity contribution < 1.29 is 9.59 Å². The lowest BCUT2D eigenvalue weighted by molar-refractivity contribution is -0.139. The van der Waals surface area contributed by atoms with Gasteiger partial charge in [-0.1, -0.05) is 42.5 Å². The normalized spacial score (nSPS) is 18.3. The van der Waals surface area contributed by atoms with Gasteiger partial charge in [-0.15, -0.1) is 0 Å². The maximum absolute atomic E-state index is 12.1. The molecular formula is C23H23N3O2. The predicted octanol–water partition coefficient (Wildman–Crippen LogP) is 3.16. The largest absolute Gasteiger partial charge is 0.348 e. The molecule has 2 N–H and O–H groups in total. The number of aromatic nitrogens is 1. The van der Waals surface area contributed by atoms with Crippen LogP contribution in [0.3, 0.4) is 0 Å². The molecule has 5 nitrogen and oxygen atoms in total. The van der Waals surface area contributed by atoms with E-state index in [1.54, 1.807) is 12.4 Å². The van der Waals surface area contributed by atoms with E-state index in [1.165, 1.54) is 5.56 Å². The van der Waals surface area contributed by atoms with E-state index in [1.807, 2.05) is 30.3 Å². The minimum Gasteiger partial charge on any atom is -0.348 e. The maximum atomic E-state index is 12.1. The number of fused-ring (bicyclic) bond motifs is 1. The third kappa shape index (κ3) is 4.19. The van der Waals surface area contributed by atoms with Crippen molar-refractivity contribution in [2.45, 2.75) is 25.3 Å². The van der Waals surface area contributed by atoms with E-state index in [0.717, 1.165) is 29.2 Å². The molecule has 0 spiro atoms. The van der Waals surface area contributed by atoms with Crippen molar-refractivity contribution in [3.05, 3.63) is 78.1 Å². The minimum absolute atomic E-state index is 0.323. The second-order valence-electron chi connectivity index (χ2n) is 7.39. The van der Waals surface area contributed by atoms with Crippen LogP contribution in [0.5, 0.6) is 0 Å². The molecule has 0 unspecified atom stereocenters. The minimum atomic E-state index is -0.589. The molecule has 0 bridgehead atoms. The van der Waals surface area contributed by atoms with Crippen molar-refractivity contribution in [2.75, 3.05) is 6.54 Å². The fourth-order valence-corrected chi connectivity index (χ4v) is 3.72. The predicted molar refractivity (Wildman–Crippen MR) is 109 cm³/mol. The summed E-state index contributed by atoms with van der Waals surface area (Å²) in [5.41, 5.74) is 2.30. The van der Waals surface area contributed by atoms with Gasteiger partial charge in [-0.05, 0) is 53.3 Å². The smallest absolute Gasteiger partial charge is 0.309 e. The summed E-state index contributed by atoms with van der Waals surface area (Å²) in [6.45, 7) is 0.878. The van der Waals surface area contributed by atoms with Crippen LogP contribution in [-0.4, -0.2) is 23.3 Å². The van der Waals surface area contributed by atoms with Gasteiger partial charge < -0.3 is 10.6 Å². The number of carbonyl (C=O) groups excluding carboxylic acids is 2. The molecule has 1 aliphatic carbocycles. The molecule has 28 heavy (non-hydrogen) atoms. The number of nitrogens with zero attached hydrogens (tertiary/aromatic N) is 1. The Bertz CT molecular complexity index is 981. The molecule has 0 aliphatic heterocycles. The molecule has 0 saturated heterocycles. The summed E-state index contributed by atoms with van der Waals surface area (Å²) in [5.74, 6) is -0.141. The third-order valence-electron chi connectivity index (χ3n) is 5.42. The topological polar surface area (TPSA) is 71.1 Å². The second kappa shape index (κ2) is 8.21. The van der Waals surface area contributed by atoms with Gasteiger partial charge in [0.2, 0.25) is 0 Å². The first kappa shape index (κ1) is 18.2. The zero-order valence-electron chi connectivity index (χ0n) is 15.6. The van der Waals surface area contributed by atoms with Crippen LogP contribution in [0.15, 0.2) is 67.0 Å². The van der Waals surface area contributed by atoms with Gasteiger partial charge >= 0.3 is 11.8 Å². The number of rotatable bonds is 5. The van der Waals surface area contributed by atoms with Gasteiger partial charge in [0.15, 0.2) is 0 Å². The van der Waals surface area contributed by atoms with Crippen LogP contribution in [0.25, 0.3) is 10.8 Å². The quantitative estimate of drug-likeness (QED) is 0.675. The second-order valence-corrected chi connectivity index (χ2v) is 7.39. The summed E-state index contributed by atoms with van der Waals surface area (Å²) in [4.78, 5) is 28.2. The first-order valence-electron chi connectivity index (χ1n) is 9.62. The number of benzene rings is 2. The number of amides is 2. The monoisotopic (exact) mass is 373 g/mol. The molecule has 3 aromatic rings. The first-order valence-corrected chi connectivity index (χ1v) is 9.62. The molecule has 0 atom stereocenters. The highest BCUT2D eigenvalue weighted by atomic mass is 16.2. The zero-order valence-corrected chi connectivity index (χ0v) is 15.6. The molecule has 5 heteroatoms. The number of pyridine rings is 1. The average molecular weight is 373 g/mol. The fourth-order valence-electron chi connectivity index (χ4n) is 3.72. The Morgan fingerprint density at radius 3 is 2.54 bits per heavy atom. The summed E-state index contributed by atoms with van der Waals surface area (Å²) in [6.07, 6.45) is 5.64. The van der Waals surface area contributed by atoms with Gasteiger partial charge in [0.1, 0.15) is 0 Å². The molecule has 4 rings (SSSR count). The average Bonchev–Trinajstić information content (AvgIpc) is 2.71. The van der Waals surface area contributed by atoms with Crippen molar-refractivity contribution in [3.8, 4) is 0 Å². The summed E-state index contributed by atoms with van der Waals surface area (Å²) >= 11 is 0. The Balaban J connectivity index is 1.20. The van der Waals surface area contributed by atoms with Crippen LogP contribution < -0.4 is 10.6 Å². The Morgan fingerprint density at radius 2 is 1.71 bits per heavy atom. The first-order chi connectivity index (χ1) is 13.7. The molecule has 0 radical (unpaired) electrons. The van der Waals surface area contributed by atoms with E-state index in [2.05, 4.69) is 39.9 Å². The maximum Gasteiger partial charge on any atom is 0.309 e. The Kier molecular flexibility index (Phi) is 5.33. The molecule has 1 saturated carbocycles. The van der Waals surface area contributed by atoms with Gasteiger partial charge in [0.25, 0.3) is 0 Å². The molecule has 2 amide bonds. The van der Waals surface area contributed by atoms with Crippen LogP contribution in [0.2, 0.25) is 0 Å². The van der Waals surface area contributed by atoms with Crippen LogP contribution in [0.4, 0.5) is 0 Å². The molecule has 1 heterocycles. The SMILES string of the molecule is O=C(NCc1ccc2cnccc2c1)C(=O)NCC1CC(c2ccccc2)C1. The Labute approximate surface area is 164 Å². The van der Waals surface area contributed by atoms with Gasteiger partial charge in [0.05, 0.1) is 0 Å². The fraction of sp³-hybridized carbons (Fsp3) is 0.261. The number of carbonyl (C=O) groups is 2. The summed E-state index contributed by atoms with van der Waals surface area (Å²) in [7, 11) is 0. The lowest BCUT2D eigenvalue weighted by atomic mass is 9.71. The molecule has 1 aromatic heterocycles. The molecule has 142 valence electrons. The van der Waals surface area contributed by atoms with E-state index in [0.29, 0.717) is 24.9 Å². The summed E-state index contributed by atoms with van der Waals surface area (Å²) in [5, 5.41) is 7.56. The molecule has 1 fully saturated rings. The van der Waals surface area contributed by atoms with Gasteiger partial charge in [-0.2, -0.15) is 0 Å².